The third-order valence-corrected chi connectivity index (χ3v) is 3.68. The molecule has 0 bridgehead atoms. The van der Waals surface area contributed by atoms with Crippen molar-refractivity contribution in [2.75, 3.05) is 6.54 Å². The maximum absolute atomic E-state index is 5.36. The number of rotatable bonds is 3. The number of nitrogens with zero attached hydrogens (tertiary/aromatic N) is 5. The molecule has 3 heterocycles. The predicted molar refractivity (Wildman–Crippen MR) is 76.1 cm³/mol. The molecule has 0 radical (unpaired) electrons. The zero-order chi connectivity index (χ0) is 14.1. The summed E-state index contributed by atoms with van der Waals surface area (Å²) < 4.78 is 7.54. The van der Waals surface area contributed by atoms with Gasteiger partial charge in [0.25, 0.3) is 0 Å². The van der Waals surface area contributed by atoms with Crippen LogP contribution in [-0.2, 0) is 19.6 Å². The van der Waals surface area contributed by atoms with E-state index in [1.165, 1.54) is 0 Å². The van der Waals surface area contributed by atoms with Gasteiger partial charge in [-0.3, -0.25) is 4.90 Å². The number of imidazole rings is 1. The van der Waals surface area contributed by atoms with Gasteiger partial charge in [-0.05, 0) is 0 Å². The SMILES string of the molecule is c1ccc(-c2noc(CN3CCn4ccnc4C3)n2)cc1. The van der Waals surface area contributed by atoms with Gasteiger partial charge >= 0.3 is 0 Å². The Bertz CT molecular complexity index is 733. The molecule has 2 aromatic heterocycles. The van der Waals surface area contributed by atoms with Crippen LogP contribution >= 0.6 is 0 Å². The molecule has 1 aromatic carbocycles. The number of hydrogen-bond donors (Lipinski definition) is 0. The Morgan fingerprint density at radius 3 is 2.95 bits per heavy atom. The van der Waals surface area contributed by atoms with Gasteiger partial charge in [0.05, 0.1) is 13.1 Å². The lowest BCUT2D eigenvalue weighted by Gasteiger charge is -2.25. The summed E-state index contributed by atoms with van der Waals surface area (Å²) >= 11 is 0. The van der Waals surface area contributed by atoms with Crippen molar-refractivity contribution in [1.29, 1.82) is 0 Å². The highest BCUT2D eigenvalue weighted by atomic mass is 16.5. The Morgan fingerprint density at radius 1 is 1.14 bits per heavy atom. The van der Waals surface area contributed by atoms with Crippen LogP contribution in [0.4, 0.5) is 0 Å². The number of hydrogen-bond acceptors (Lipinski definition) is 5. The normalized spacial score (nSPS) is 15.0. The second-order valence-electron chi connectivity index (χ2n) is 5.13. The Morgan fingerprint density at radius 2 is 2.05 bits per heavy atom. The quantitative estimate of drug-likeness (QED) is 0.734. The van der Waals surface area contributed by atoms with Crippen LogP contribution in [0.1, 0.15) is 11.7 Å². The van der Waals surface area contributed by atoms with Crippen LogP contribution in [0, 0.1) is 0 Å². The Hall–Kier alpha value is -2.47. The van der Waals surface area contributed by atoms with E-state index in [4.69, 9.17) is 4.52 Å². The first-order valence-corrected chi connectivity index (χ1v) is 6.99. The highest BCUT2D eigenvalue weighted by Crippen LogP contribution is 2.17. The zero-order valence-electron chi connectivity index (χ0n) is 11.5. The van der Waals surface area contributed by atoms with Crippen molar-refractivity contribution in [2.45, 2.75) is 19.6 Å². The van der Waals surface area contributed by atoms with Gasteiger partial charge in [-0.15, -0.1) is 0 Å². The van der Waals surface area contributed by atoms with E-state index in [1.54, 1.807) is 0 Å². The van der Waals surface area contributed by atoms with E-state index in [9.17, 15) is 0 Å². The van der Waals surface area contributed by atoms with E-state index in [1.807, 2.05) is 42.7 Å². The average Bonchev–Trinajstić information content (AvgIpc) is 3.17. The third kappa shape index (κ3) is 2.45. The first kappa shape index (κ1) is 12.3. The average molecular weight is 281 g/mol. The second-order valence-corrected chi connectivity index (χ2v) is 5.13. The fraction of sp³-hybridized carbons (Fsp3) is 0.267. The second kappa shape index (κ2) is 5.14. The summed E-state index contributed by atoms with van der Waals surface area (Å²) in [5.41, 5.74) is 0.974. The van der Waals surface area contributed by atoms with Gasteiger partial charge < -0.3 is 9.09 Å². The summed E-state index contributed by atoms with van der Waals surface area (Å²) in [5.74, 6) is 2.38. The molecule has 0 saturated heterocycles. The molecule has 0 N–H and O–H groups in total. The van der Waals surface area contributed by atoms with Crippen LogP contribution < -0.4 is 0 Å². The molecule has 1 aliphatic heterocycles. The van der Waals surface area contributed by atoms with E-state index in [0.29, 0.717) is 18.3 Å². The lowest BCUT2D eigenvalue weighted by molar-refractivity contribution is 0.183. The van der Waals surface area contributed by atoms with E-state index in [-0.39, 0.29) is 0 Å². The van der Waals surface area contributed by atoms with Crippen molar-refractivity contribution >= 4 is 0 Å². The fourth-order valence-corrected chi connectivity index (χ4v) is 2.57. The molecule has 0 aliphatic carbocycles. The predicted octanol–water partition coefficient (Wildman–Crippen LogP) is 1.95. The molecule has 0 fully saturated rings. The highest BCUT2D eigenvalue weighted by molar-refractivity contribution is 5.53. The lowest BCUT2D eigenvalue weighted by atomic mass is 10.2. The van der Waals surface area contributed by atoms with Gasteiger partial charge in [0.1, 0.15) is 5.82 Å². The lowest BCUT2D eigenvalue weighted by Crippen LogP contribution is -2.33. The summed E-state index contributed by atoms with van der Waals surface area (Å²) in [6.45, 7) is 3.39. The molecule has 0 amide bonds. The van der Waals surface area contributed by atoms with Gasteiger partial charge in [-0.2, -0.15) is 4.98 Å². The standard InChI is InChI=1S/C15H15N5O/c1-2-4-12(5-3-1)15-17-14(21-18-15)11-19-8-9-20-7-6-16-13(20)10-19/h1-7H,8-11H2. The first-order valence-electron chi connectivity index (χ1n) is 6.99. The number of benzene rings is 1. The van der Waals surface area contributed by atoms with Crippen LogP contribution in [0.3, 0.4) is 0 Å². The Kier molecular flexibility index (Phi) is 3.01. The van der Waals surface area contributed by atoms with Crippen molar-refractivity contribution in [2.24, 2.45) is 0 Å². The minimum absolute atomic E-state index is 0.643. The van der Waals surface area contributed by atoms with Gasteiger partial charge in [0.2, 0.25) is 11.7 Å². The summed E-state index contributed by atoms with van der Waals surface area (Å²) in [5, 5.41) is 4.05. The third-order valence-electron chi connectivity index (χ3n) is 3.68. The van der Waals surface area contributed by atoms with E-state index in [0.717, 1.165) is 31.0 Å². The molecule has 3 aromatic rings. The summed E-state index contributed by atoms with van der Waals surface area (Å²) in [4.78, 5) is 11.1. The van der Waals surface area contributed by atoms with Crippen LogP contribution in [0.5, 0.6) is 0 Å². The number of aromatic nitrogens is 4. The molecule has 4 rings (SSSR count). The van der Waals surface area contributed by atoms with Gasteiger partial charge in [-0.25, -0.2) is 4.98 Å². The summed E-state index contributed by atoms with van der Waals surface area (Å²) in [6, 6.07) is 9.87. The number of fused-ring (bicyclic) bond motifs is 1. The molecular weight excluding hydrogens is 266 g/mol. The minimum atomic E-state index is 0.643. The van der Waals surface area contributed by atoms with Crippen LogP contribution in [0.2, 0.25) is 0 Å². The molecule has 0 spiro atoms. The maximum Gasteiger partial charge on any atom is 0.241 e. The van der Waals surface area contributed by atoms with Crippen LogP contribution in [-0.4, -0.2) is 31.1 Å². The van der Waals surface area contributed by atoms with Crippen molar-refractivity contribution in [3.63, 3.8) is 0 Å². The highest BCUT2D eigenvalue weighted by Gasteiger charge is 2.19. The van der Waals surface area contributed by atoms with Crippen LogP contribution in [0.25, 0.3) is 11.4 Å². The van der Waals surface area contributed by atoms with Gasteiger partial charge in [0, 0.05) is 31.0 Å². The Balaban J connectivity index is 1.48. The molecule has 6 heteroatoms. The van der Waals surface area contributed by atoms with Crippen molar-refractivity contribution in [3.8, 4) is 11.4 Å². The molecule has 106 valence electrons. The smallest absolute Gasteiger partial charge is 0.241 e. The molecule has 6 nitrogen and oxygen atoms in total. The van der Waals surface area contributed by atoms with E-state index >= 15 is 0 Å². The molecule has 21 heavy (non-hydrogen) atoms. The summed E-state index contributed by atoms with van der Waals surface area (Å²) in [7, 11) is 0. The van der Waals surface area contributed by atoms with Gasteiger partial charge in [-0.1, -0.05) is 35.5 Å². The summed E-state index contributed by atoms with van der Waals surface area (Å²) in [6.07, 6.45) is 3.87. The van der Waals surface area contributed by atoms with Crippen molar-refractivity contribution < 1.29 is 4.52 Å². The van der Waals surface area contributed by atoms with Crippen molar-refractivity contribution in [3.05, 3.63) is 54.4 Å². The van der Waals surface area contributed by atoms with Gasteiger partial charge in [0.15, 0.2) is 0 Å². The minimum Gasteiger partial charge on any atom is -0.338 e. The van der Waals surface area contributed by atoms with Crippen molar-refractivity contribution in [1.82, 2.24) is 24.6 Å². The zero-order valence-corrected chi connectivity index (χ0v) is 11.5. The largest absolute Gasteiger partial charge is 0.338 e. The molecule has 0 atom stereocenters. The maximum atomic E-state index is 5.36. The molecular formula is C15H15N5O. The van der Waals surface area contributed by atoms with E-state index < -0.39 is 0 Å². The topological polar surface area (TPSA) is 60.0 Å². The monoisotopic (exact) mass is 281 g/mol. The Labute approximate surface area is 122 Å². The first-order chi connectivity index (χ1) is 10.4. The van der Waals surface area contributed by atoms with Crippen LogP contribution in [0.15, 0.2) is 47.2 Å². The molecule has 0 unspecified atom stereocenters. The molecule has 0 saturated carbocycles. The van der Waals surface area contributed by atoms with E-state index in [2.05, 4.69) is 24.6 Å². The molecule has 1 aliphatic rings. The fourth-order valence-electron chi connectivity index (χ4n) is 2.57.